The summed E-state index contributed by atoms with van der Waals surface area (Å²) in [7, 11) is 1.70. The van der Waals surface area contributed by atoms with Crippen LogP contribution in [0.1, 0.15) is 38.2 Å². The van der Waals surface area contributed by atoms with Gasteiger partial charge in [-0.3, -0.25) is 0 Å². The summed E-state index contributed by atoms with van der Waals surface area (Å²) in [5.74, 6) is 2.64. The second-order valence-corrected chi connectivity index (χ2v) is 5.22. The van der Waals surface area contributed by atoms with Crippen LogP contribution in [0.5, 0.6) is 11.5 Å². The number of ether oxygens (including phenoxy) is 2. The lowest BCUT2D eigenvalue weighted by Gasteiger charge is -2.15. The van der Waals surface area contributed by atoms with E-state index >= 15 is 0 Å². The van der Waals surface area contributed by atoms with Crippen LogP contribution in [0.3, 0.4) is 0 Å². The average molecular weight is 263 g/mol. The molecule has 0 aromatic heterocycles. The van der Waals surface area contributed by atoms with E-state index in [2.05, 4.69) is 18.3 Å². The molecule has 1 N–H and O–H groups in total. The highest BCUT2D eigenvalue weighted by Crippen LogP contribution is 2.32. The number of nitrogens with one attached hydrogen (secondary N) is 1. The van der Waals surface area contributed by atoms with E-state index in [1.807, 2.05) is 12.1 Å². The molecular formula is C16H25NO2. The quantitative estimate of drug-likeness (QED) is 0.693. The zero-order valence-corrected chi connectivity index (χ0v) is 12.1. The van der Waals surface area contributed by atoms with Crippen molar-refractivity contribution in [2.75, 3.05) is 20.3 Å². The lowest BCUT2D eigenvalue weighted by Crippen LogP contribution is -2.17. The lowest BCUT2D eigenvalue weighted by atomic mass is 10.1. The van der Waals surface area contributed by atoms with Crippen molar-refractivity contribution in [3.05, 3.63) is 23.8 Å². The second kappa shape index (κ2) is 7.39. The van der Waals surface area contributed by atoms with E-state index in [0.29, 0.717) is 0 Å². The first-order valence-corrected chi connectivity index (χ1v) is 7.34. The molecule has 1 fully saturated rings. The second-order valence-electron chi connectivity index (χ2n) is 5.22. The van der Waals surface area contributed by atoms with Gasteiger partial charge in [-0.05, 0) is 37.8 Å². The van der Waals surface area contributed by atoms with Crippen LogP contribution in [0.2, 0.25) is 0 Å². The van der Waals surface area contributed by atoms with E-state index in [1.165, 1.54) is 18.4 Å². The van der Waals surface area contributed by atoms with Gasteiger partial charge in [-0.1, -0.05) is 25.5 Å². The maximum atomic E-state index is 5.91. The van der Waals surface area contributed by atoms with Crippen LogP contribution in [0, 0.1) is 5.92 Å². The van der Waals surface area contributed by atoms with E-state index in [-0.39, 0.29) is 0 Å². The van der Waals surface area contributed by atoms with Crippen LogP contribution >= 0.6 is 0 Å². The molecular weight excluding hydrogens is 238 g/mol. The zero-order chi connectivity index (χ0) is 13.5. The highest BCUT2D eigenvalue weighted by molar-refractivity contribution is 5.46. The SMILES string of the molecule is CCCCOc1c(CNCC2CC2)cccc1OC. The molecule has 3 nitrogen and oxygen atoms in total. The van der Waals surface area contributed by atoms with Crippen molar-refractivity contribution in [1.29, 1.82) is 0 Å². The first-order valence-electron chi connectivity index (χ1n) is 7.34. The van der Waals surface area contributed by atoms with Gasteiger partial charge in [-0.25, -0.2) is 0 Å². The predicted octanol–water partition coefficient (Wildman–Crippen LogP) is 3.37. The molecule has 19 heavy (non-hydrogen) atoms. The van der Waals surface area contributed by atoms with Gasteiger partial charge in [0.15, 0.2) is 11.5 Å². The Balaban J connectivity index is 1.96. The Morgan fingerprint density at radius 3 is 2.84 bits per heavy atom. The van der Waals surface area contributed by atoms with Crippen LogP contribution < -0.4 is 14.8 Å². The molecule has 0 spiro atoms. The van der Waals surface area contributed by atoms with Gasteiger partial charge >= 0.3 is 0 Å². The minimum absolute atomic E-state index is 0.756. The van der Waals surface area contributed by atoms with Crippen LogP contribution in [0.25, 0.3) is 0 Å². The Morgan fingerprint density at radius 1 is 1.32 bits per heavy atom. The zero-order valence-electron chi connectivity index (χ0n) is 12.1. The van der Waals surface area contributed by atoms with Crippen LogP contribution in [0.4, 0.5) is 0 Å². The molecule has 1 saturated carbocycles. The Bertz CT molecular complexity index is 388. The van der Waals surface area contributed by atoms with Gasteiger partial charge in [0.25, 0.3) is 0 Å². The predicted molar refractivity (Wildman–Crippen MR) is 77.8 cm³/mol. The fourth-order valence-electron chi connectivity index (χ4n) is 2.08. The minimum Gasteiger partial charge on any atom is -0.493 e. The number of para-hydroxylation sites is 1. The third-order valence-electron chi connectivity index (χ3n) is 3.47. The number of hydrogen-bond donors (Lipinski definition) is 1. The standard InChI is InChI=1S/C16H25NO2/c1-3-4-10-19-16-14(6-5-7-15(16)18-2)12-17-11-13-8-9-13/h5-7,13,17H,3-4,8-12H2,1-2H3. The van der Waals surface area contributed by atoms with E-state index in [0.717, 1.165) is 50.0 Å². The molecule has 0 unspecified atom stereocenters. The Hall–Kier alpha value is -1.22. The molecule has 3 heteroatoms. The van der Waals surface area contributed by atoms with Crippen molar-refractivity contribution < 1.29 is 9.47 Å². The van der Waals surface area contributed by atoms with Crippen LogP contribution in [-0.2, 0) is 6.54 Å². The lowest BCUT2D eigenvalue weighted by molar-refractivity contribution is 0.284. The number of unbranched alkanes of at least 4 members (excludes halogenated alkanes) is 1. The molecule has 106 valence electrons. The molecule has 0 heterocycles. The fraction of sp³-hybridized carbons (Fsp3) is 0.625. The Morgan fingerprint density at radius 2 is 2.16 bits per heavy atom. The molecule has 1 aliphatic carbocycles. The van der Waals surface area contributed by atoms with Crippen LogP contribution in [0.15, 0.2) is 18.2 Å². The summed E-state index contributed by atoms with van der Waals surface area (Å²) in [4.78, 5) is 0. The molecule has 2 rings (SSSR count). The van der Waals surface area contributed by atoms with Gasteiger partial charge in [0.1, 0.15) is 0 Å². The Labute approximate surface area is 116 Å². The maximum absolute atomic E-state index is 5.91. The molecule has 1 aromatic carbocycles. The molecule has 0 saturated heterocycles. The van der Waals surface area contributed by atoms with Crippen molar-refractivity contribution in [1.82, 2.24) is 5.32 Å². The molecule has 0 radical (unpaired) electrons. The summed E-state index contributed by atoms with van der Waals surface area (Å²) in [5.41, 5.74) is 1.19. The fourth-order valence-corrected chi connectivity index (χ4v) is 2.08. The number of rotatable bonds is 9. The van der Waals surface area contributed by atoms with Crippen molar-refractivity contribution in [2.24, 2.45) is 5.92 Å². The van der Waals surface area contributed by atoms with E-state index in [1.54, 1.807) is 7.11 Å². The van der Waals surface area contributed by atoms with Crippen LogP contribution in [-0.4, -0.2) is 20.3 Å². The maximum Gasteiger partial charge on any atom is 0.165 e. The van der Waals surface area contributed by atoms with Crippen molar-refractivity contribution in [3.63, 3.8) is 0 Å². The Kier molecular flexibility index (Phi) is 5.52. The average Bonchev–Trinajstić information content (AvgIpc) is 3.24. The van der Waals surface area contributed by atoms with Gasteiger partial charge < -0.3 is 14.8 Å². The molecule has 0 amide bonds. The van der Waals surface area contributed by atoms with Crippen molar-refractivity contribution >= 4 is 0 Å². The molecule has 0 aliphatic heterocycles. The first-order chi connectivity index (χ1) is 9.35. The molecule has 1 aromatic rings. The van der Waals surface area contributed by atoms with E-state index in [4.69, 9.17) is 9.47 Å². The van der Waals surface area contributed by atoms with E-state index < -0.39 is 0 Å². The van der Waals surface area contributed by atoms with Gasteiger partial charge in [0, 0.05) is 12.1 Å². The van der Waals surface area contributed by atoms with Crippen molar-refractivity contribution in [3.8, 4) is 11.5 Å². The summed E-state index contributed by atoms with van der Waals surface area (Å²) in [6.07, 6.45) is 4.98. The molecule has 0 atom stereocenters. The molecule has 1 aliphatic rings. The van der Waals surface area contributed by atoms with Gasteiger partial charge in [-0.2, -0.15) is 0 Å². The third kappa shape index (κ3) is 4.43. The minimum atomic E-state index is 0.756. The highest BCUT2D eigenvalue weighted by atomic mass is 16.5. The molecule has 0 bridgehead atoms. The summed E-state index contributed by atoms with van der Waals surface area (Å²) in [6, 6.07) is 6.11. The van der Waals surface area contributed by atoms with Gasteiger partial charge in [0.05, 0.1) is 13.7 Å². The summed E-state index contributed by atoms with van der Waals surface area (Å²) >= 11 is 0. The number of methoxy groups -OCH3 is 1. The summed E-state index contributed by atoms with van der Waals surface area (Å²) < 4.78 is 11.3. The smallest absolute Gasteiger partial charge is 0.165 e. The van der Waals surface area contributed by atoms with Gasteiger partial charge in [-0.15, -0.1) is 0 Å². The highest BCUT2D eigenvalue weighted by Gasteiger charge is 2.20. The third-order valence-corrected chi connectivity index (χ3v) is 3.47. The number of benzene rings is 1. The normalized spacial score (nSPS) is 14.4. The van der Waals surface area contributed by atoms with Crippen molar-refractivity contribution in [2.45, 2.75) is 39.2 Å². The van der Waals surface area contributed by atoms with Gasteiger partial charge in [0.2, 0.25) is 0 Å². The first kappa shape index (κ1) is 14.2. The summed E-state index contributed by atoms with van der Waals surface area (Å²) in [6.45, 7) is 4.90. The topological polar surface area (TPSA) is 30.5 Å². The number of hydrogen-bond acceptors (Lipinski definition) is 3. The largest absolute Gasteiger partial charge is 0.493 e. The van der Waals surface area contributed by atoms with E-state index in [9.17, 15) is 0 Å². The monoisotopic (exact) mass is 263 g/mol. The summed E-state index contributed by atoms with van der Waals surface area (Å²) in [5, 5.41) is 3.51.